The molecule has 30 heavy (non-hydrogen) atoms. The first-order valence-corrected chi connectivity index (χ1v) is 10.9. The molecular formula is C26H26ClNO2. The molecule has 0 unspecified atom stereocenters. The van der Waals surface area contributed by atoms with Gasteiger partial charge in [0.05, 0.1) is 6.04 Å². The van der Waals surface area contributed by atoms with Crippen LogP contribution in [0.25, 0.3) is 0 Å². The molecule has 0 radical (unpaired) electrons. The summed E-state index contributed by atoms with van der Waals surface area (Å²) in [4.78, 5) is 12.7. The van der Waals surface area contributed by atoms with Gasteiger partial charge in [0, 0.05) is 16.1 Å². The molecule has 1 amide bonds. The third-order valence-corrected chi connectivity index (χ3v) is 6.06. The highest BCUT2D eigenvalue weighted by molar-refractivity contribution is 6.31. The minimum absolute atomic E-state index is 0.0409. The van der Waals surface area contributed by atoms with Crippen LogP contribution in [0.15, 0.2) is 66.7 Å². The van der Waals surface area contributed by atoms with E-state index in [9.17, 15) is 4.79 Å². The lowest BCUT2D eigenvalue weighted by atomic mass is 9.89. The van der Waals surface area contributed by atoms with Crippen molar-refractivity contribution in [1.82, 2.24) is 5.32 Å². The van der Waals surface area contributed by atoms with Crippen LogP contribution in [0.1, 0.15) is 58.4 Å². The molecule has 4 rings (SSSR count). The molecule has 0 heterocycles. The molecule has 0 spiro atoms. The van der Waals surface area contributed by atoms with Crippen LogP contribution >= 0.6 is 11.6 Å². The lowest BCUT2D eigenvalue weighted by molar-refractivity contribution is 0.0940. The molecule has 1 atom stereocenters. The van der Waals surface area contributed by atoms with E-state index in [2.05, 4.69) is 23.5 Å². The molecule has 1 N–H and O–H groups in total. The first-order chi connectivity index (χ1) is 14.6. The fraction of sp³-hybridized carbons (Fsp3) is 0.269. The highest BCUT2D eigenvalue weighted by Gasteiger charge is 2.15. The van der Waals surface area contributed by atoms with E-state index in [0.29, 0.717) is 22.9 Å². The van der Waals surface area contributed by atoms with Gasteiger partial charge in [-0.25, -0.2) is 0 Å². The van der Waals surface area contributed by atoms with Crippen molar-refractivity contribution in [3.05, 3.63) is 99.6 Å². The van der Waals surface area contributed by atoms with Crippen molar-refractivity contribution in [1.29, 1.82) is 0 Å². The standard InChI is InChI=1S/C26H26ClNO2/c1-18(21-11-10-19-6-2-3-7-22(19)16-21)28-26(29)20-12-14-24(15-13-20)30-17-23-8-4-5-9-25(23)27/h4-5,8-16,18H,2-3,6-7,17H2,1H3,(H,28,29)/t18-/m1/s1. The number of fused-ring (bicyclic) bond motifs is 1. The monoisotopic (exact) mass is 419 g/mol. The van der Waals surface area contributed by atoms with Crippen LogP contribution in [0.4, 0.5) is 0 Å². The number of halogens is 1. The number of ether oxygens (including phenoxy) is 1. The van der Waals surface area contributed by atoms with E-state index in [1.54, 1.807) is 12.1 Å². The zero-order chi connectivity index (χ0) is 20.9. The summed E-state index contributed by atoms with van der Waals surface area (Å²) in [6.45, 7) is 2.42. The number of nitrogens with one attached hydrogen (secondary N) is 1. The Bertz CT molecular complexity index is 1030. The molecule has 3 nitrogen and oxygen atoms in total. The smallest absolute Gasteiger partial charge is 0.251 e. The Kier molecular flexibility index (Phi) is 6.39. The summed E-state index contributed by atoms with van der Waals surface area (Å²) in [5.41, 5.74) is 5.59. The van der Waals surface area contributed by atoms with Crippen molar-refractivity contribution in [3.8, 4) is 5.75 Å². The number of rotatable bonds is 6. The van der Waals surface area contributed by atoms with Gasteiger partial charge in [-0.15, -0.1) is 0 Å². The SMILES string of the molecule is C[C@@H](NC(=O)c1ccc(OCc2ccccc2Cl)cc1)c1ccc2c(c1)CCCC2. The fourth-order valence-corrected chi connectivity index (χ4v) is 4.06. The average Bonchev–Trinajstić information content (AvgIpc) is 2.78. The van der Waals surface area contributed by atoms with Gasteiger partial charge in [-0.3, -0.25) is 4.79 Å². The second kappa shape index (κ2) is 9.36. The number of aryl methyl sites for hydroxylation is 2. The largest absolute Gasteiger partial charge is 0.489 e. The Morgan fingerprint density at radius 3 is 2.50 bits per heavy atom. The third kappa shape index (κ3) is 4.85. The maximum atomic E-state index is 12.7. The van der Waals surface area contributed by atoms with Crippen LogP contribution in [0.2, 0.25) is 5.02 Å². The predicted octanol–water partition coefficient (Wildman–Crippen LogP) is 6.29. The lowest BCUT2D eigenvalue weighted by Gasteiger charge is -2.20. The quantitative estimate of drug-likeness (QED) is 0.510. The van der Waals surface area contributed by atoms with E-state index in [0.717, 1.165) is 17.5 Å². The molecule has 0 saturated heterocycles. The van der Waals surface area contributed by atoms with Crippen LogP contribution in [0, 0.1) is 0 Å². The van der Waals surface area contributed by atoms with E-state index in [4.69, 9.17) is 16.3 Å². The number of carbonyl (C=O) groups excluding carboxylic acids is 1. The van der Waals surface area contributed by atoms with Gasteiger partial charge in [0.15, 0.2) is 0 Å². The molecular weight excluding hydrogens is 394 g/mol. The minimum atomic E-state index is -0.0853. The van der Waals surface area contributed by atoms with Gasteiger partial charge in [-0.1, -0.05) is 48.0 Å². The summed E-state index contributed by atoms with van der Waals surface area (Å²) >= 11 is 6.16. The second-order valence-electron chi connectivity index (χ2n) is 7.83. The number of hydrogen-bond acceptors (Lipinski definition) is 2. The molecule has 3 aromatic rings. The normalized spacial score (nSPS) is 13.9. The Hall–Kier alpha value is -2.78. The van der Waals surface area contributed by atoms with E-state index in [1.165, 1.54) is 30.4 Å². The van der Waals surface area contributed by atoms with E-state index in [1.807, 2.05) is 43.3 Å². The zero-order valence-corrected chi connectivity index (χ0v) is 17.9. The first-order valence-electron chi connectivity index (χ1n) is 10.5. The maximum Gasteiger partial charge on any atom is 0.251 e. The van der Waals surface area contributed by atoms with Crippen LogP contribution in [-0.2, 0) is 19.4 Å². The maximum absolute atomic E-state index is 12.7. The molecule has 4 heteroatoms. The minimum Gasteiger partial charge on any atom is -0.489 e. The number of amides is 1. The topological polar surface area (TPSA) is 38.3 Å². The van der Waals surface area contributed by atoms with E-state index in [-0.39, 0.29) is 11.9 Å². The van der Waals surface area contributed by atoms with Gasteiger partial charge in [-0.2, -0.15) is 0 Å². The predicted molar refractivity (Wildman–Crippen MR) is 121 cm³/mol. The van der Waals surface area contributed by atoms with Crippen molar-refractivity contribution >= 4 is 17.5 Å². The Morgan fingerprint density at radius 1 is 1.00 bits per heavy atom. The van der Waals surface area contributed by atoms with Crippen molar-refractivity contribution in [2.75, 3.05) is 0 Å². The van der Waals surface area contributed by atoms with Crippen LogP contribution in [0.5, 0.6) is 5.75 Å². The van der Waals surface area contributed by atoms with Gasteiger partial charge >= 0.3 is 0 Å². The summed E-state index contributed by atoms with van der Waals surface area (Å²) in [5.74, 6) is 0.618. The second-order valence-corrected chi connectivity index (χ2v) is 8.24. The zero-order valence-electron chi connectivity index (χ0n) is 17.2. The summed E-state index contributed by atoms with van der Waals surface area (Å²) in [6, 6.07) is 21.4. The Morgan fingerprint density at radius 2 is 1.73 bits per heavy atom. The molecule has 0 saturated carbocycles. The highest BCUT2D eigenvalue weighted by atomic mass is 35.5. The molecule has 0 fully saturated rings. The van der Waals surface area contributed by atoms with Gasteiger partial charge < -0.3 is 10.1 Å². The van der Waals surface area contributed by atoms with Gasteiger partial charge in [0.2, 0.25) is 0 Å². The molecule has 0 aromatic heterocycles. The molecule has 3 aromatic carbocycles. The van der Waals surface area contributed by atoms with Crippen molar-refractivity contribution in [2.45, 2.75) is 45.3 Å². The Labute approximate surface area is 183 Å². The number of hydrogen-bond donors (Lipinski definition) is 1. The van der Waals surface area contributed by atoms with Crippen LogP contribution in [-0.4, -0.2) is 5.91 Å². The molecule has 1 aliphatic carbocycles. The van der Waals surface area contributed by atoms with E-state index < -0.39 is 0 Å². The van der Waals surface area contributed by atoms with Gasteiger partial charge in [0.25, 0.3) is 5.91 Å². The summed E-state index contributed by atoms with van der Waals surface area (Å²) < 4.78 is 5.79. The number of carbonyl (C=O) groups is 1. The molecule has 0 bridgehead atoms. The Balaban J connectivity index is 1.36. The molecule has 154 valence electrons. The summed E-state index contributed by atoms with van der Waals surface area (Å²) in [5, 5.41) is 3.79. The highest BCUT2D eigenvalue weighted by Crippen LogP contribution is 2.25. The third-order valence-electron chi connectivity index (χ3n) is 5.69. The molecule has 0 aliphatic heterocycles. The summed E-state index contributed by atoms with van der Waals surface area (Å²) in [6.07, 6.45) is 4.83. The lowest BCUT2D eigenvalue weighted by Crippen LogP contribution is -2.26. The fourth-order valence-electron chi connectivity index (χ4n) is 3.87. The van der Waals surface area contributed by atoms with Crippen molar-refractivity contribution in [2.24, 2.45) is 0 Å². The van der Waals surface area contributed by atoms with Gasteiger partial charge in [-0.05, 0) is 79.6 Å². The van der Waals surface area contributed by atoms with Crippen LogP contribution < -0.4 is 10.1 Å². The average molecular weight is 420 g/mol. The number of benzene rings is 3. The van der Waals surface area contributed by atoms with Gasteiger partial charge in [0.1, 0.15) is 12.4 Å². The molecule has 1 aliphatic rings. The van der Waals surface area contributed by atoms with Crippen molar-refractivity contribution in [3.63, 3.8) is 0 Å². The first kappa shape index (κ1) is 20.5. The van der Waals surface area contributed by atoms with Crippen molar-refractivity contribution < 1.29 is 9.53 Å². The van der Waals surface area contributed by atoms with E-state index >= 15 is 0 Å². The summed E-state index contributed by atoms with van der Waals surface area (Å²) in [7, 11) is 0. The van der Waals surface area contributed by atoms with Crippen LogP contribution in [0.3, 0.4) is 0 Å².